The van der Waals surface area contributed by atoms with E-state index in [9.17, 15) is 14.4 Å². The zero-order chi connectivity index (χ0) is 18.4. The Morgan fingerprint density at radius 1 is 0.583 bits per heavy atom. The van der Waals surface area contributed by atoms with Crippen molar-refractivity contribution in [1.82, 2.24) is 11.1 Å². The highest BCUT2D eigenvalue weighted by Crippen LogP contribution is 2.17. The van der Waals surface area contributed by atoms with Crippen molar-refractivity contribution in [2.45, 2.75) is 19.3 Å². The van der Waals surface area contributed by atoms with Crippen molar-refractivity contribution in [3.63, 3.8) is 0 Å². The summed E-state index contributed by atoms with van der Waals surface area (Å²) in [5.74, 6) is -1.05. The molecule has 24 heavy (non-hydrogen) atoms. The zero-order valence-corrected chi connectivity index (χ0v) is 17.5. The van der Waals surface area contributed by atoms with Gasteiger partial charge in [0.15, 0.2) is 0 Å². The molecule has 0 N–H and O–H groups in total. The first-order valence-corrected chi connectivity index (χ1v) is 8.74. The fraction of sp³-hybridized carbons (Fsp3) is 0.250. The Morgan fingerprint density at radius 2 is 0.792 bits per heavy atom. The molecule has 0 unspecified atom stereocenters. The molecule has 1 rings (SSSR count). The number of carbonyl (C=O) groups excluding carboxylic acids is 3. The first-order chi connectivity index (χ1) is 11.1. The molecule has 0 spiro atoms. The van der Waals surface area contributed by atoms with E-state index in [1.807, 2.05) is 0 Å². The normalized spacial score (nSPS) is 10.2. The summed E-state index contributed by atoms with van der Waals surface area (Å²) < 4.78 is 2.61. The summed E-state index contributed by atoms with van der Waals surface area (Å²) >= 11 is 23.0. The molecule has 0 aliphatic rings. The van der Waals surface area contributed by atoms with Crippen LogP contribution in [0, 0.1) is 0 Å². The standard InChI is InChI=1S/C12H15N3O3S6/c16-10(13(19)20)4-7-1-8(5-11(17)14(21)22)3-9(2-7)6-12(18)15(23)24/h1-3,19-24H,4-6H2. The molecule has 0 aromatic heterocycles. The van der Waals surface area contributed by atoms with E-state index in [0.717, 1.165) is 11.1 Å². The largest absolute Gasteiger partial charge is 0.273 e. The molecule has 3 amide bonds. The second-order valence-electron chi connectivity index (χ2n) is 4.74. The molecule has 0 heterocycles. The van der Waals surface area contributed by atoms with E-state index in [4.69, 9.17) is 0 Å². The quantitative estimate of drug-likeness (QED) is 0.382. The van der Waals surface area contributed by atoms with Crippen LogP contribution in [0.1, 0.15) is 16.7 Å². The van der Waals surface area contributed by atoms with Crippen LogP contribution >= 0.6 is 76.9 Å². The molecule has 0 atom stereocenters. The number of benzene rings is 1. The number of carbonyl (C=O) groups is 3. The van der Waals surface area contributed by atoms with Crippen LogP contribution < -0.4 is 0 Å². The van der Waals surface area contributed by atoms with Crippen molar-refractivity contribution in [2.24, 2.45) is 0 Å². The van der Waals surface area contributed by atoms with Crippen LogP contribution in [0.25, 0.3) is 0 Å². The van der Waals surface area contributed by atoms with Gasteiger partial charge < -0.3 is 0 Å². The third-order valence-electron chi connectivity index (χ3n) is 2.85. The highest BCUT2D eigenvalue weighted by molar-refractivity contribution is 7.95. The van der Waals surface area contributed by atoms with Gasteiger partial charge in [-0.25, -0.2) is 11.1 Å². The third-order valence-corrected chi connectivity index (χ3v) is 4.19. The minimum Gasteiger partial charge on any atom is -0.273 e. The maximum atomic E-state index is 11.8. The van der Waals surface area contributed by atoms with Gasteiger partial charge in [0.25, 0.3) is 0 Å². The predicted octanol–water partition coefficient (Wildman–Crippen LogP) is 1.87. The van der Waals surface area contributed by atoms with E-state index in [2.05, 4.69) is 76.9 Å². The van der Waals surface area contributed by atoms with Crippen LogP contribution in [-0.2, 0) is 33.6 Å². The molecular weight excluding hydrogens is 427 g/mol. The SMILES string of the molecule is O=C(Cc1cc(CC(=O)N(S)S)cc(CC(=O)N(S)S)c1)N(S)S. The smallest absolute Gasteiger partial charge is 0.246 e. The van der Waals surface area contributed by atoms with Gasteiger partial charge in [0.1, 0.15) is 0 Å². The summed E-state index contributed by atoms with van der Waals surface area (Å²) in [6, 6.07) is 5.08. The number of amides is 3. The van der Waals surface area contributed by atoms with Gasteiger partial charge in [-0.3, -0.25) is 14.4 Å². The maximum absolute atomic E-state index is 11.8. The van der Waals surface area contributed by atoms with Gasteiger partial charge in [0, 0.05) is 0 Å². The molecule has 0 radical (unpaired) electrons. The Bertz CT molecular complexity index is 540. The van der Waals surface area contributed by atoms with E-state index in [1.165, 1.54) is 0 Å². The molecule has 0 saturated heterocycles. The van der Waals surface area contributed by atoms with Crippen LogP contribution in [0.3, 0.4) is 0 Å². The van der Waals surface area contributed by atoms with Crippen molar-refractivity contribution in [2.75, 3.05) is 0 Å². The van der Waals surface area contributed by atoms with Gasteiger partial charge in [0.2, 0.25) is 17.7 Å². The number of hydrogen-bond donors (Lipinski definition) is 6. The Balaban J connectivity index is 3.11. The van der Waals surface area contributed by atoms with Crippen LogP contribution in [0.2, 0.25) is 0 Å². The Kier molecular flexibility index (Phi) is 9.09. The minimum absolute atomic E-state index is 0.0210. The van der Waals surface area contributed by atoms with Gasteiger partial charge in [-0.1, -0.05) is 95.1 Å². The molecule has 1 aromatic rings. The number of rotatable bonds is 6. The third kappa shape index (κ3) is 7.31. The Hall–Kier alpha value is -0.270. The molecule has 6 nitrogen and oxygen atoms in total. The molecular formula is C12H15N3O3S6. The highest BCUT2D eigenvalue weighted by atomic mass is 32.2. The molecule has 0 aliphatic heterocycles. The number of nitrogens with zero attached hydrogens (tertiary/aromatic N) is 3. The van der Waals surface area contributed by atoms with Crippen LogP contribution in [-0.4, -0.2) is 28.9 Å². The van der Waals surface area contributed by atoms with Crippen molar-refractivity contribution < 1.29 is 14.4 Å². The summed E-state index contributed by atoms with van der Waals surface area (Å²) in [5.41, 5.74) is 1.86. The summed E-state index contributed by atoms with van der Waals surface area (Å²) in [6.45, 7) is 0. The minimum atomic E-state index is -0.350. The average Bonchev–Trinajstić information content (AvgIpc) is 2.46. The molecule has 132 valence electrons. The summed E-state index contributed by atoms with van der Waals surface area (Å²) in [5, 5.41) is 0. The van der Waals surface area contributed by atoms with E-state index >= 15 is 0 Å². The fourth-order valence-corrected chi connectivity index (χ4v) is 2.31. The van der Waals surface area contributed by atoms with Crippen LogP contribution in [0.4, 0.5) is 0 Å². The van der Waals surface area contributed by atoms with Crippen LogP contribution in [0.5, 0.6) is 0 Å². The van der Waals surface area contributed by atoms with E-state index in [-0.39, 0.29) is 37.0 Å². The summed E-state index contributed by atoms with van der Waals surface area (Å²) in [4.78, 5) is 35.3. The van der Waals surface area contributed by atoms with Crippen molar-refractivity contribution in [3.8, 4) is 0 Å². The van der Waals surface area contributed by atoms with Crippen molar-refractivity contribution >= 4 is 94.6 Å². The first-order valence-electron chi connectivity index (χ1n) is 6.34. The lowest BCUT2D eigenvalue weighted by Gasteiger charge is -2.13. The molecule has 0 aliphatic carbocycles. The van der Waals surface area contributed by atoms with Crippen LogP contribution in [0.15, 0.2) is 18.2 Å². The summed E-state index contributed by atoms with van der Waals surface area (Å²) in [7, 11) is 0. The Labute approximate surface area is 173 Å². The van der Waals surface area contributed by atoms with Gasteiger partial charge >= 0.3 is 0 Å². The molecule has 12 heteroatoms. The monoisotopic (exact) mass is 441 g/mol. The molecule has 0 fully saturated rings. The maximum Gasteiger partial charge on any atom is 0.246 e. The fourth-order valence-electron chi connectivity index (χ4n) is 1.88. The predicted molar refractivity (Wildman–Crippen MR) is 112 cm³/mol. The lowest BCUT2D eigenvalue weighted by Crippen LogP contribution is -2.18. The molecule has 1 aromatic carbocycles. The lowest BCUT2D eigenvalue weighted by molar-refractivity contribution is -0.122. The average molecular weight is 442 g/mol. The molecule has 0 saturated carbocycles. The van der Waals surface area contributed by atoms with E-state index in [0.29, 0.717) is 16.7 Å². The van der Waals surface area contributed by atoms with Gasteiger partial charge in [-0.2, -0.15) is 0 Å². The second kappa shape index (κ2) is 10.0. The van der Waals surface area contributed by atoms with E-state index < -0.39 is 0 Å². The Morgan fingerprint density at radius 3 is 0.958 bits per heavy atom. The summed E-state index contributed by atoms with van der Waals surface area (Å²) in [6.07, 6.45) is 0.0629. The van der Waals surface area contributed by atoms with Gasteiger partial charge in [0.05, 0.1) is 19.3 Å². The first kappa shape index (κ1) is 21.8. The van der Waals surface area contributed by atoms with Crippen molar-refractivity contribution in [1.29, 1.82) is 0 Å². The highest BCUT2D eigenvalue weighted by Gasteiger charge is 2.15. The zero-order valence-electron chi connectivity index (χ0n) is 12.1. The number of thiol groups is 6. The van der Waals surface area contributed by atoms with Gasteiger partial charge in [-0.15, -0.1) is 0 Å². The second-order valence-corrected chi connectivity index (χ2v) is 8.08. The van der Waals surface area contributed by atoms with Crippen molar-refractivity contribution in [3.05, 3.63) is 34.9 Å². The van der Waals surface area contributed by atoms with E-state index in [1.54, 1.807) is 18.2 Å². The van der Waals surface area contributed by atoms with Gasteiger partial charge in [-0.05, 0) is 16.7 Å². The topological polar surface area (TPSA) is 60.9 Å². The molecule has 0 bridgehead atoms. The number of hydrogen-bond acceptors (Lipinski definition) is 9. The lowest BCUT2D eigenvalue weighted by atomic mass is 9.99.